The maximum Gasteiger partial charge on any atom is 0.329 e. The maximum absolute atomic E-state index is 12.1. The Labute approximate surface area is 130 Å². The summed E-state index contributed by atoms with van der Waals surface area (Å²) in [6.07, 6.45) is -1.48. The molecule has 1 aromatic carbocycles. The fourth-order valence-electron chi connectivity index (χ4n) is 2.07. The number of benzene rings is 1. The minimum Gasteiger partial charge on any atom is -0.508 e. The van der Waals surface area contributed by atoms with Gasteiger partial charge in [-0.1, -0.05) is 12.1 Å². The summed E-state index contributed by atoms with van der Waals surface area (Å²) >= 11 is 0. The van der Waals surface area contributed by atoms with Gasteiger partial charge in [-0.05, 0) is 17.7 Å². The van der Waals surface area contributed by atoms with Crippen LogP contribution in [0.25, 0.3) is 0 Å². The Hall–Kier alpha value is -2.94. The van der Waals surface area contributed by atoms with Crippen molar-refractivity contribution in [3.05, 3.63) is 29.8 Å². The molecule has 122 valence electrons. The molecule has 1 heterocycles. The number of hydrogen-bond donors (Lipinski definition) is 3. The van der Waals surface area contributed by atoms with E-state index in [2.05, 4.69) is 5.32 Å². The van der Waals surface area contributed by atoms with Crippen LogP contribution < -0.4 is 5.32 Å². The maximum atomic E-state index is 12.1. The van der Waals surface area contributed by atoms with E-state index in [-0.39, 0.29) is 17.2 Å². The number of imide groups is 1. The van der Waals surface area contributed by atoms with Crippen molar-refractivity contribution < 1.29 is 34.2 Å². The van der Waals surface area contributed by atoms with E-state index < -0.39 is 36.4 Å². The molecule has 1 aliphatic rings. The zero-order chi connectivity index (χ0) is 17.0. The Morgan fingerprint density at radius 3 is 2.57 bits per heavy atom. The number of nitrogens with one attached hydrogen (secondary N) is 1. The van der Waals surface area contributed by atoms with Crippen LogP contribution in [-0.4, -0.2) is 51.7 Å². The summed E-state index contributed by atoms with van der Waals surface area (Å²) in [6, 6.07) is 4.87. The van der Waals surface area contributed by atoms with Gasteiger partial charge in [-0.2, -0.15) is 5.06 Å². The van der Waals surface area contributed by atoms with Gasteiger partial charge in [0, 0.05) is 6.42 Å². The van der Waals surface area contributed by atoms with Gasteiger partial charge in [0.25, 0.3) is 11.8 Å². The van der Waals surface area contributed by atoms with Crippen molar-refractivity contribution in [1.82, 2.24) is 10.4 Å². The Morgan fingerprint density at radius 1 is 1.39 bits per heavy atom. The highest BCUT2D eigenvalue weighted by Gasteiger charge is 2.41. The average Bonchev–Trinajstić information content (AvgIpc) is 2.76. The minimum atomic E-state index is -1.41. The number of rotatable bonds is 6. The Balaban J connectivity index is 2.03. The van der Waals surface area contributed by atoms with Crippen LogP contribution in [0.4, 0.5) is 0 Å². The summed E-state index contributed by atoms with van der Waals surface area (Å²) in [4.78, 5) is 45.4. The zero-order valence-electron chi connectivity index (χ0n) is 11.8. The van der Waals surface area contributed by atoms with Crippen molar-refractivity contribution in [2.75, 3.05) is 0 Å². The fraction of sp³-hybridized carbons (Fsp3) is 0.286. The van der Waals surface area contributed by atoms with Gasteiger partial charge in [0.2, 0.25) is 6.41 Å². The summed E-state index contributed by atoms with van der Waals surface area (Å²) in [7, 11) is 0. The average molecular weight is 322 g/mol. The molecule has 2 rings (SSSR count). The van der Waals surface area contributed by atoms with Gasteiger partial charge < -0.3 is 15.2 Å². The molecule has 1 saturated heterocycles. The van der Waals surface area contributed by atoms with Crippen LogP contribution in [-0.2, 0) is 30.3 Å². The highest BCUT2D eigenvalue weighted by molar-refractivity contribution is 6.04. The third-order valence-electron chi connectivity index (χ3n) is 3.27. The Kier molecular flexibility index (Phi) is 4.91. The number of hydroxylamine groups is 2. The fourth-order valence-corrected chi connectivity index (χ4v) is 2.07. The van der Waals surface area contributed by atoms with Gasteiger partial charge in [0.1, 0.15) is 11.8 Å². The molecule has 0 radical (unpaired) electrons. The summed E-state index contributed by atoms with van der Waals surface area (Å²) in [5.74, 6) is -2.76. The topological polar surface area (TPSA) is 133 Å². The first-order valence-corrected chi connectivity index (χ1v) is 6.66. The SMILES string of the molecule is O=CNC(Cc1ccc(O)cc1)C(=O)OC1CC(=O)N(O)C1=O. The highest BCUT2D eigenvalue weighted by atomic mass is 16.6. The number of carbonyl (C=O) groups is 4. The van der Waals surface area contributed by atoms with E-state index in [9.17, 15) is 24.3 Å². The molecule has 3 amide bonds. The Bertz CT molecular complexity index is 629. The number of ether oxygens (including phenoxy) is 1. The van der Waals surface area contributed by atoms with Gasteiger partial charge in [-0.25, -0.2) is 4.79 Å². The third kappa shape index (κ3) is 3.83. The van der Waals surface area contributed by atoms with Crippen molar-refractivity contribution in [2.24, 2.45) is 0 Å². The second-order valence-electron chi connectivity index (χ2n) is 4.88. The van der Waals surface area contributed by atoms with Crippen molar-refractivity contribution in [1.29, 1.82) is 0 Å². The van der Waals surface area contributed by atoms with Crippen LogP contribution >= 0.6 is 0 Å². The van der Waals surface area contributed by atoms with E-state index in [0.29, 0.717) is 12.0 Å². The van der Waals surface area contributed by atoms with Crippen molar-refractivity contribution in [3.8, 4) is 5.75 Å². The van der Waals surface area contributed by atoms with E-state index in [4.69, 9.17) is 9.94 Å². The monoisotopic (exact) mass is 322 g/mol. The van der Waals surface area contributed by atoms with Crippen molar-refractivity contribution in [3.63, 3.8) is 0 Å². The van der Waals surface area contributed by atoms with Gasteiger partial charge in [0.05, 0.1) is 6.42 Å². The molecule has 2 atom stereocenters. The lowest BCUT2D eigenvalue weighted by Gasteiger charge is -2.17. The van der Waals surface area contributed by atoms with Crippen LogP contribution in [0.2, 0.25) is 0 Å². The van der Waals surface area contributed by atoms with Crippen LogP contribution in [0, 0.1) is 0 Å². The standard InChI is InChI=1S/C14H14N2O7/c17-7-15-10(5-8-1-3-9(18)4-2-8)14(21)23-11-6-12(19)16(22)13(11)20/h1-4,7,10-11,18,22H,5-6H2,(H,15,17). The second-order valence-corrected chi connectivity index (χ2v) is 4.88. The minimum absolute atomic E-state index is 0.0503. The third-order valence-corrected chi connectivity index (χ3v) is 3.27. The molecule has 1 fully saturated rings. The second kappa shape index (κ2) is 6.88. The number of esters is 1. The predicted octanol–water partition coefficient (Wildman–Crippen LogP) is -0.891. The van der Waals surface area contributed by atoms with Crippen LogP contribution in [0.1, 0.15) is 12.0 Å². The summed E-state index contributed by atoms with van der Waals surface area (Å²) < 4.78 is 4.89. The zero-order valence-corrected chi connectivity index (χ0v) is 11.8. The molecule has 0 spiro atoms. The number of nitrogens with zero attached hydrogens (tertiary/aromatic N) is 1. The van der Waals surface area contributed by atoms with E-state index in [1.807, 2.05) is 0 Å². The quantitative estimate of drug-likeness (QED) is 0.268. The lowest BCUT2D eigenvalue weighted by Crippen LogP contribution is -2.42. The molecule has 1 aliphatic heterocycles. The number of phenolic OH excluding ortho intramolecular Hbond substituents is 1. The molecule has 23 heavy (non-hydrogen) atoms. The summed E-state index contributed by atoms with van der Waals surface area (Å²) in [5.41, 5.74) is 0.636. The number of phenols is 1. The largest absolute Gasteiger partial charge is 0.508 e. The molecule has 0 bridgehead atoms. The number of hydrogen-bond acceptors (Lipinski definition) is 7. The number of carbonyl (C=O) groups excluding carboxylic acids is 4. The first kappa shape index (κ1) is 16.4. The van der Waals surface area contributed by atoms with E-state index in [0.717, 1.165) is 0 Å². The molecule has 1 aromatic rings. The van der Waals surface area contributed by atoms with Gasteiger partial charge in [0.15, 0.2) is 6.10 Å². The van der Waals surface area contributed by atoms with E-state index in [1.54, 1.807) is 12.1 Å². The molecular weight excluding hydrogens is 308 g/mol. The molecule has 0 aromatic heterocycles. The van der Waals surface area contributed by atoms with Crippen LogP contribution in [0.5, 0.6) is 5.75 Å². The first-order chi connectivity index (χ1) is 10.9. The Morgan fingerprint density at radius 2 is 2.04 bits per heavy atom. The van der Waals surface area contributed by atoms with Crippen molar-refractivity contribution in [2.45, 2.75) is 25.0 Å². The molecule has 9 nitrogen and oxygen atoms in total. The lowest BCUT2D eigenvalue weighted by molar-refractivity contribution is -0.177. The number of amides is 3. The van der Waals surface area contributed by atoms with Crippen LogP contribution in [0.15, 0.2) is 24.3 Å². The first-order valence-electron chi connectivity index (χ1n) is 6.66. The molecule has 2 unspecified atom stereocenters. The van der Waals surface area contributed by atoms with Gasteiger partial charge in [-0.15, -0.1) is 0 Å². The summed E-state index contributed by atoms with van der Waals surface area (Å²) in [6.45, 7) is 0. The van der Waals surface area contributed by atoms with Gasteiger partial charge in [-0.3, -0.25) is 19.6 Å². The van der Waals surface area contributed by atoms with Crippen molar-refractivity contribution >= 4 is 24.2 Å². The normalized spacial score (nSPS) is 18.7. The van der Waals surface area contributed by atoms with E-state index >= 15 is 0 Å². The van der Waals surface area contributed by atoms with Crippen LogP contribution in [0.3, 0.4) is 0 Å². The molecule has 0 aliphatic carbocycles. The van der Waals surface area contributed by atoms with Gasteiger partial charge >= 0.3 is 5.97 Å². The smallest absolute Gasteiger partial charge is 0.329 e. The predicted molar refractivity (Wildman–Crippen MR) is 72.9 cm³/mol. The lowest BCUT2D eigenvalue weighted by atomic mass is 10.1. The summed E-state index contributed by atoms with van der Waals surface area (Å²) in [5, 5.41) is 20.5. The highest BCUT2D eigenvalue weighted by Crippen LogP contribution is 2.16. The molecule has 3 N–H and O–H groups in total. The molecule has 9 heteroatoms. The molecular formula is C14H14N2O7. The van der Waals surface area contributed by atoms with E-state index in [1.165, 1.54) is 12.1 Å². The number of aromatic hydroxyl groups is 1. The molecule has 0 saturated carbocycles.